The summed E-state index contributed by atoms with van der Waals surface area (Å²) in [7, 11) is 0. The summed E-state index contributed by atoms with van der Waals surface area (Å²) >= 11 is 0. The molecular weight excluding hydrogens is 336 g/mol. The third-order valence-electron chi connectivity index (χ3n) is 4.80. The van der Waals surface area contributed by atoms with Gasteiger partial charge in [-0.05, 0) is 19.8 Å². The van der Waals surface area contributed by atoms with E-state index in [0.717, 1.165) is 25.7 Å². The smallest absolute Gasteiger partial charge is 0.305 e. The van der Waals surface area contributed by atoms with Crippen molar-refractivity contribution in [1.82, 2.24) is 0 Å². The molecule has 0 unspecified atom stereocenters. The summed E-state index contributed by atoms with van der Waals surface area (Å²) in [4.78, 5) is 10.7. The van der Waals surface area contributed by atoms with Crippen LogP contribution in [0.1, 0.15) is 136 Å². The van der Waals surface area contributed by atoms with Crippen molar-refractivity contribution in [3.8, 4) is 0 Å². The third-order valence-corrected chi connectivity index (χ3v) is 4.80. The molecule has 0 aromatic carbocycles. The predicted octanol–water partition coefficient (Wildman–Crippen LogP) is 7.59. The maximum absolute atomic E-state index is 10.7. The highest BCUT2D eigenvalue weighted by molar-refractivity contribution is 5.69. The molecule has 0 aromatic rings. The fraction of sp³-hybridized carbons (Fsp3) is 0.958. The molecule has 0 fully saturated rings. The zero-order valence-electron chi connectivity index (χ0n) is 18.9. The summed E-state index contributed by atoms with van der Waals surface area (Å²) in [6, 6.07) is 0. The van der Waals surface area contributed by atoms with E-state index >= 15 is 0 Å². The molecule has 0 aliphatic carbocycles. The third kappa shape index (κ3) is 30.4. The monoisotopic (exact) mass is 386 g/mol. The van der Waals surface area contributed by atoms with E-state index in [-0.39, 0.29) is 5.97 Å². The minimum absolute atomic E-state index is 0.0593. The average Bonchev–Trinajstić information content (AvgIpc) is 2.66. The van der Waals surface area contributed by atoms with E-state index in [1.165, 1.54) is 83.5 Å². The van der Waals surface area contributed by atoms with Gasteiger partial charge in [0.1, 0.15) is 0 Å². The van der Waals surface area contributed by atoms with Crippen LogP contribution < -0.4 is 0 Å². The number of esters is 1. The minimum Gasteiger partial charge on any atom is -0.466 e. The van der Waals surface area contributed by atoms with Crippen LogP contribution >= 0.6 is 0 Å². The maximum atomic E-state index is 10.7. The van der Waals surface area contributed by atoms with E-state index in [1.54, 1.807) is 0 Å². The van der Waals surface area contributed by atoms with Crippen molar-refractivity contribution in [1.29, 1.82) is 0 Å². The van der Waals surface area contributed by atoms with E-state index in [9.17, 15) is 4.79 Å². The van der Waals surface area contributed by atoms with Crippen molar-refractivity contribution in [2.24, 2.45) is 0 Å². The lowest BCUT2D eigenvalue weighted by atomic mass is 10.0. The highest BCUT2D eigenvalue weighted by Gasteiger charge is 1.98. The highest BCUT2D eigenvalue weighted by atomic mass is 16.5. The Kier molecular flexibility index (Phi) is 29.3. The molecule has 0 aliphatic heterocycles. The number of ether oxygens (including phenoxy) is 1. The van der Waals surface area contributed by atoms with Crippen molar-refractivity contribution < 1.29 is 14.6 Å². The van der Waals surface area contributed by atoms with Gasteiger partial charge in [0.05, 0.1) is 6.61 Å². The van der Waals surface area contributed by atoms with Crippen LogP contribution in [-0.2, 0) is 9.53 Å². The van der Waals surface area contributed by atoms with Crippen molar-refractivity contribution in [3.05, 3.63) is 0 Å². The minimum atomic E-state index is -0.0593. The van der Waals surface area contributed by atoms with Crippen molar-refractivity contribution >= 4 is 5.97 Å². The number of rotatable bonds is 19. The fourth-order valence-electron chi connectivity index (χ4n) is 3.06. The molecule has 1 N–H and O–H groups in total. The Morgan fingerprint density at radius 2 is 0.963 bits per heavy atom. The lowest BCUT2D eigenvalue weighted by Gasteiger charge is -2.02. The Hall–Kier alpha value is -0.570. The molecule has 27 heavy (non-hydrogen) atoms. The van der Waals surface area contributed by atoms with Gasteiger partial charge in [0.25, 0.3) is 0 Å². The topological polar surface area (TPSA) is 46.5 Å². The van der Waals surface area contributed by atoms with E-state index in [2.05, 4.69) is 13.8 Å². The SMILES string of the molecule is CCCCCC(=O)OCC.CCCCCCCCCCCCCCCCO. The molecule has 0 aromatic heterocycles. The van der Waals surface area contributed by atoms with Crippen LogP contribution in [0.3, 0.4) is 0 Å². The first-order valence-corrected chi connectivity index (χ1v) is 12.0. The molecule has 0 amide bonds. The zero-order valence-corrected chi connectivity index (χ0v) is 18.9. The van der Waals surface area contributed by atoms with Crippen LogP contribution in [0, 0.1) is 0 Å². The van der Waals surface area contributed by atoms with Crippen LogP contribution in [-0.4, -0.2) is 24.3 Å². The molecule has 0 heterocycles. The van der Waals surface area contributed by atoms with Gasteiger partial charge in [-0.25, -0.2) is 0 Å². The summed E-state index contributed by atoms with van der Waals surface area (Å²) in [5, 5.41) is 8.64. The molecule has 3 nitrogen and oxygen atoms in total. The van der Waals surface area contributed by atoms with E-state index in [4.69, 9.17) is 9.84 Å². The second kappa shape index (κ2) is 27.6. The van der Waals surface area contributed by atoms with Gasteiger partial charge in [0, 0.05) is 13.0 Å². The standard InChI is InChI=1S/C16H34O.C8H16O2/c1-2-3-4-5-6-7-8-9-10-11-12-13-14-15-16-17;1-3-5-6-7-8(9)10-4-2/h17H,2-16H2,1H3;3-7H2,1-2H3. The molecule has 0 saturated carbocycles. The molecule has 3 heteroatoms. The normalized spacial score (nSPS) is 10.4. The largest absolute Gasteiger partial charge is 0.466 e. The van der Waals surface area contributed by atoms with E-state index in [1.807, 2.05) is 6.92 Å². The van der Waals surface area contributed by atoms with Crippen LogP contribution in [0.25, 0.3) is 0 Å². The van der Waals surface area contributed by atoms with Crippen molar-refractivity contribution in [2.45, 2.75) is 136 Å². The van der Waals surface area contributed by atoms with Crippen LogP contribution in [0.4, 0.5) is 0 Å². The van der Waals surface area contributed by atoms with Crippen molar-refractivity contribution in [3.63, 3.8) is 0 Å². The van der Waals surface area contributed by atoms with Gasteiger partial charge in [-0.2, -0.15) is 0 Å². The Morgan fingerprint density at radius 1 is 0.593 bits per heavy atom. The number of carbonyl (C=O) groups is 1. The number of aliphatic hydroxyl groups excluding tert-OH is 1. The first-order valence-electron chi connectivity index (χ1n) is 12.0. The lowest BCUT2D eigenvalue weighted by molar-refractivity contribution is -0.143. The number of unbranched alkanes of at least 4 members (excludes halogenated alkanes) is 15. The quantitative estimate of drug-likeness (QED) is 0.184. The first-order chi connectivity index (χ1) is 13.2. The number of hydrogen-bond donors (Lipinski definition) is 1. The van der Waals surface area contributed by atoms with E-state index in [0.29, 0.717) is 19.6 Å². The van der Waals surface area contributed by atoms with Crippen LogP contribution in [0.15, 0.2) is 0 Å². The maximum Gasteiger partial charge on any atom is 0.305 e. The molecule has 0 saturated heterocycles. The second-order valence-electron chi connectivity index (χ2n) is 7.58. The molecule has 0 radical (unpaired) electrons. The number of hydrogen-bond acceptors (Lipinski definition) is 3. The van der Waals surface area contributed by atoms with Gasteiger partial charge in [0.15, 0.2) is 0 Å². The summed E-state index contributed by atoms with van der Waals surface area (Å²) < 4.78 is 4.75. The van der Waals surface area contributed by atoms with Gasteiger partial charge >= 0.3 is 5.97 Å². The predicted molar refractivity (Wildman–Crippen MR) is 118 cm³/mol. The molecule has 164 valence electrons. The Labute approximate surface area is 170 Å². The zero-order chi connectivity index (χ0) is 20.4. The second-order valence-corrected chi connectivity index (χ2v) is 7.58. The van der Waals surface area contributed by atoms with Crippen molar-refractivity contribution in [2.75, 3.05) is 13.2 Å². The molecule has 0 aliphatic rings. The molecule has 0 spiro atoms. The molecule has 0 atom stereocenters. The molecular formula is C24H50O3. The lowest BCUT2D eigenvalue weighted by Crippen LogP contribution is -2.02. The van der Waals surface area contributed by atoms with Gasteiger partial charge in [-0.1, -0.05) is 110 Å². The molecule has 0 rings (SSSR count). The van der Waals surface area contributed by atoms with Crippen LogP contribution in [0.5, 0.6) is 0 Å². The van der Waals surface area contributed by atoms with Gasteiger partial charge < -0.3 is 9.84 Å². The van der Waals surface area contributed by atoms with Gasteiger partial charge in [-0.3, -0.25) is 4.79 Å². The van der Waals surface area contributed by atoms with Gasteiger partial charge in [-0.15, -0.1) is 0 Å². The summed E-state index contributed by atoms with van der Waals surface area (Å²) in [6.45, 7) is 7.10. The first kappa shape index (κ1) is 28.6. The number of aliphatic hydroxyl groups is 1. The van der Waals surface area contributed by atoms with E-state index < -0.39 is 0 Å². The summed E-state index contributed by atoms with van der Waals surface area (Å²) in [5.41, 5.74) is 0. The number of carbonyl (C=O) groups excluding carboxylic acids is 1. The summed E-state index contributed by atoms with van der Waals surface area (Å²) in [5.74, 6) is -0.0593. The Bertz CT molecular complexity index is 252. The average molecular weight is 387 g/mol. The molecule has 0 bridgehead atoms. The Morgan fingerprint density at radius 3 is 1.33 bits per heavy atom. The Balaban J connectivity index is 0. The van der Waals surface area contributed by atoms with Crippen LogP contribution in [0.2, 0.25) is 0 Å². The summed E-state index contributed by atoms with van der Waals surface area (Å²) in [6.07, 6.45) is 23.0. The van der Waals surface area contributed by atoms with Gasteiger partial charge in [0.2, 0.25) is 0 Å². The fourth-order valence-corrected chi connectivity index (χ4v) is 3.06. The highest BCUT2D eigenvalue weighted by Crippen LogP contribution is 2.12.